The Hall–Kier alpha value is -3.85. The maximum Gasteiger partial charge on any atom is 0.100 e. The van der Waals surface area contributed by atoms with Gasteiger partial charge in [-0.25, -0.2) is 0 Å². The van der Waals surface area contributed by atoms with Crippen molar-refractivity contribution in [2.45, 2.75) is 12.8 Å². The summed E-state index contributed by atoms with van der Waals surface area (Å²) < 4.78 is 0. The Morgan fingerprint density at radius 1 is 0.667 bits per heavy atom. The number of aliphatic imine (C=N–C) groups is 2. The first kappa shape index (κ1) is 25.2. The van der Waals surface area contributed by atoms with Crippen LogP contribution in [0.15, 0.2) is 101 Å². The smallest absolute Gasteiger partial charge is 0.100 e. The van der Waals surface area contributed by atoms with Gasteiger partial charge in [-0.05, 0) is 77.7 Å². The molecule has 4 aromatic rings. The van der Waals surface area contributed by atoms with Gasteiger partial charge in [0.25, 0.3) is 0 Å². The van der Waals surface area contributed by atoms with E-state index in [4.69, 9.17) is 16.6 Å². The Labute approximate surface area is 219 Å². The summed E-state index contributed by atoms with van der Waals surface area (Å²) in [5.41, 5.74) is 8.57. The second-order valence-electron chi connectivity index (χ2n) is 9.22. The van der Waals surface area contributed by atoms with Crippen molar-refractivity contribution in [2.75, 3.05) is 38.0 Å². The number of halogens is 1. The van der Waals surface area contributed by atoms with Crippen LogP contribution in [0, 0.1) is 6.92 Å². The van der Waals surface area contributed by atoms with Crippen molar-refractivity contribution in [3.63, 3.8) is 0 Å². The lowest BCUT2D eigenvalue weighted by molar-refractivity contribution is 0.969. The van der Waals surface area contributed by atoms with E-state index in [2.05, 4.69) is 123 Å². The molecule has 36 heavy (non-hydrogen) atoms. The molecule has 0 heterocycles. The van der Waals surface area contributed by atoms with Gasteiger partial charge in [0.05, 0.1) is 11.4 Å². The Morgan fingerprint density at radius 2 is 1.19 bits per heavy atom. The molecule has 0 N–H and O–H groups in total. The number of para-hydroxylation sites is 1. The van der Waals surface area contributed by atoms with Gasteiger partial charge in [0, 0.05) is 50.5 Å². The summed E-state index contributed by atoms with van der Waals surface area (Å²) in [4.78, 5) is 13.3. The van der Waals surface area contributed by atoms with Gasteiger partial charge in [-0.2, -0.15) is 9.98 Å². The van der Waals surface area contributed by atoms with Gasteiger partial charge in [0.1, 0.15) is 6.01 Å². The van der Waals surface area contributed by atoms with Crippen molar-refractivity contribution in [1.29, 1.82) is 0 Å². The summed E-state index contributed by atoms with van der Waals surface area (Å²) in [5.74, 6) is 0.00778. The maximum absolute atomic E-state index is 6.00. The van der Waals surface area contributed by atoms with E-state index in [-0.39, 0.29) is 5.92 Å². The molecule has 0 radical (unpaired) electrons. The molecule has 0 atom stereocenters. The topological polar surface area (TPSA) is 31.2 Å². The van der Waals surface area contributed by atoms with Crippen molar-refractivity contribution < 1.29 is 0 Å². The molecule has 0 aliphatic carbocycles. The number of rotatable bonds is 7. The zero-order valence-corrected chi connectivity index (χ0v) is 22.2. The predicted molar refractivity (Wildman–Crippen MR) is 154 cm³/mol. The first-order chi connectivity index (χ1) is 17.3. The predicted octanol–water partition coefficient (Wildman–Crippen LogP) is 8.10. The van der Waals surface area contributed by atoms with E-state index in [1.165, 1.54) is 11.1 Å². The molecule has 0 spiro atoms. The largest absolute Gasteiger partial charge is 0.378 e. The van der Waals surface area contributed by atoms with E-state index in [0.29, 0.717) is 5.02 Å². The van der Waals surface area contributed by atoms with E-state index < -0.39 is 0 Å². The van der Waals surface area contributed by atoms with Crippen LogP contribution >= 0.6 is 11.6 Å². The third kappa shape index (κ3) is 5.85. The van der Waals surface area contributed by atoms with Gasteiger partial charge >= 0.3 is 0 Å². The quantitative estimate of drug-likeness (QED) is 0.192. The lowest BCUT2D eigenvalue weighted by Crippen LogP contribution is -2.10. The second kappa shape index (κ2) is 11.3. The van der Waals surface area contributed by atoms with Crippen molar-refractivity contribution in [2.24, 2.45) is 9.98 Å². The molecule has 0 saturated heterocycles. The van der Waals surface area contributed by atoms with E-state index in [1.807, 2.05) is 24.3 Å². The number of aryl methyl sites for hydroxylation is 1. The average Bonchev–Trinajstić information content (AvgIpc) is 2.87. The van der Waals surface area contributed by atoms with Crippen LogP contribution in [0.5, 0.6) is 0 Å². The Balaban J connectivity index is 1.83. The number of hydrogen-bond donors (Lipinski definition) is 0. The second-order valence-corrected chi connectivity index (χ2v) is 9.65. The van der Waals surface area contributed by atoms with Crippen molar-refractivity contribution in [3.8, 4) is 0 Å². The minimum absolute atomic E-state index is 0.00778. The summed E-state index contributed by atoms with van der Waals surface area (Å²) in [7, 11) is 8.22. The highest BCUT2D eigenvalue weighted by Crippen LogP contribution is 2.39. The summed E-state index contributed by atoms with van der Waals surface area (Å²) in [6.45, 7) is 2.08. The molecule has 0 saturated carbocycles. The first-order valence-electron chi connectivity index (χ1n) is 11.9. The summed E-state index contributed by atoms with van der Waals surface area (Å²) in [6, 6.07) is 34.0. The van der Waals surface area contributed by atoms with E-state index in [0.717, 1.165) is 33.9 Å². The third-order valence-electron chi connectivity index (χ3n) is 6.23. The van der Waals surface area contributed by atoms with Crippen LogP contribution in [0.1, 0.15) is 28.2 Å². The molecule has 0 aliphatic heterocycles. The number of anilines is 2. The van der Waals surface area contributed by atoms with Crippen molar-refractivity contribution in [3.05, 3.63) is 118 Å². The summed E-state index contributed by atoms with van der Waals surface area (Å²) >= 11 is 6.00. The van der Waals surface area contributed by atoms with Gasteiger partial charge in [-0.3, -0.25) is 0 Å². The molecule has 0 amide bonds. The fraction of sp³-hybridized carbons (Fsp3) is 0.194. The van der Waals surface area contributed by atoms with E-state index >= 15 is 0 Å². The number of hydrogen-bond acceptors (Lipinski definition) is 4. The molecule has 0 aliphatic rings. The maximum atomic E-state index is 6.00. The van der Waals surface area contributed by atoms with Gasteiger partial charge in [-0.1, -0.05) is 54.1 Å². The molecule has 182 valence electrons. The average molecular weight is 495 g/mol. The molecular formula is C31H31ClN4. The Kier molecular flexibility index (Phi) is 7.90. The third-order valence-corrected chi connectivity index (χ3v) is 6.49. The highest BCUT2D eigenvalue weighted by molar-refractivity contribution is 6.30. The fourth-order valence-corrected chi connectivity index (χ4v) is 4.32. The Bertz CT molecular complexity index is 1310. The first-order valence-corrected chi connectivity index (χ1v) is 12.3. The van der Waals surface area contributed by atoms with Crippen LogP contribution in [0.4, 0.5) is 22.7 Å². The number of nitrogens with zero attached hydrogens (tertiary/aromatic N) is 4. The van der Waals surface area contributed by atoms with Crippen LogP contribution in [-0.4, -0.2) is 34.2 Å². The standard InChI is InChI=1S/C31H31ClN4/c1-22-7-6-8-29(31(22)34-21-33-26-15-13-25(32)14-16-26)30(23-9-17-27(18-10-23)35(2)3)24-11-19-28(20-12-24)36(4)5/h6-20,30H,1-5H3. The molecule has 0 aromatic heterocycles. The lowest BCUT2D eigenvalue weighted by atomic mass is 9.83. The van der Waals surface area contributed by atoms with Gasteiger partial charge in [0.15, 0.2) is 0 Å². The van der Waals surface area contributed by atoms with Crippen LogP contribution in [-0.2, 0) is 0 Å². The molecule has 5 heteroatoms. The fourth-order valence-electron chi connectivity index (χ4n) is 4.20. The SMILES string of the molecule is Cc1cccc(C(c2ccc(N(C)C)cc2)c2ccc(N(C)C)cc2)c1N=C=Nc1ccc(Cl)cc1. The highest BCUT2D eigenvalue weighted by Gasteiger charge is 2.21. The van der Waals surface area contributed by atoms with Gasteiger partial charge < -0.3 is 9.80 Å². The summed E-state index contributed by atoms with van der Waals surface area (Å²) in [5, 5.41) is 0.676. The normalized spacial score (nSPS) is 10.6. The van der Waals surface area contributed by atoms with Crippen molar-refractivity contribution in [1.82, 2.24) is 0 Å². The minimum Gasteiger partial charge on any atom is -0.378 e. The van der Waals surface area contributed by atoms with Crippen LogP contribution < -0.4 is 9.80 Å². The van der Waals surface area contributed by atoms with Crippen LogP contribution in [0.3, 0.4) is 0 Å². The minimum atomic E-state index is 0.00778. The highest BCUT2D eigenvalue weighted by atomic mass is 35.5. The lowest BCUT2D eigenvalue weighted by Gasteiger charge is -2.23. The molecule has 4 nitrogen and oxygen atoms in total. The van der Waals surface area contributed by atoms with Crippen molar-refractivity contribution >= 4 is 40.4 Å². The van der Waals surface area contributed by atoms with Gasteiger partial charge in [-0.15, -0.1) is 0 Å². The zero-order valence-electron chi connectivity index (χ0n) is 21.4. The zero-order chi connectivity index (χ0) is 25.7. The van der Waals surface area contributed by atoms with Gasteiger partial charge in [0.2, 0.25) is 0 Å². The van der Waals surface area contributed by atoms with Crippen LogP contribution in [0.2, 0.25) is 5.02 Å². The number of benzene rings is 4. The summed E-state index contributed by atoms with van der Waals surface area (Å²) in [6.07, 6.45) is 0. The molecule has 0 fully saturated rings. The molecule has 0 unspecified atom stereocenters. The van der Waals surface area contributed by atoms with Crippen LogP contribution in [0.25, 0.3) is 0 Å². The molecular weight excluding hydrogens is 464 g/mol. The monoisotopic (exact) mass is 494 g/mol. The van der Waals surface area contributed by atoms with E-state index in [1.54, 1.807) is 0 Å². The Morgan fingerprint density at radius 3 is 1.69 bits per heavy atom. The molecule has 4 rings (SSSR count). The molecule has 0 bridgehead atoms. The van der Waals surface area contributed by atoms with E-state index in [9.17, 15) is 0 Å². The molecule has 4 aromatic carbocycles.